The van der Waals surface area contributed by atoms with Crippen LogP contribution in [0.4, 0.5) is 5.95 Å². The lowest BCUT2D eigenvalue weighted by atomic mass is 10.3. The molecule has 0 saturated heterocycles. The molecule has 0 atom stereocenters. The molecule has 4 heteroatoms. The van der Waals surface area contributed by atoms with Crippen molar-refractivity contribution in [3.63, 3.8) is 0 Å². The second-order valence-corrected chi connectivity index (χ2v) is 3.18. The summed E-state index contributed by atoms with van der Waals surface area (Å²) >= 11 is 0. The van der Waals surface area contributed by atoms with Gasteiger partial charge in [0.05, 0.1) is 0 Å². The first-order chi connectivity index (χ1) is 6.88. The van der Waals surface area contributed by atoms with E-state index < -0.39 is 0 Å². The SMILES string of the molecule is CCCN(CCCN)c1ncccn1. The Labute approximate surface area is 85.2 Å². The van der Waals surface area contributed by atoms with Crippen LogP contribution in [-0.2, 0) is 0 Å². The minimum Gasteiger partial charge on any atom is -0.341 e. The predicted molar refractivity (Wildman–Crippen MR) is 58.2 cm³/mol. The Hall–Kier alpha value is -1.16. The average molecular weight is 194 g/mol. The first kappa shape index (κ1) is 10.9. The molecule has 0 aliphatic carbocycles. The summed E-state index contributed by atoms with van der Waals surface area (Å²) in [4.78, 5) is 10.6. The standard InChI is InChI=1S/C10H18N4/c1-2-8-14(9-3-5-11)10-12-6-4-7-13-10/h4,6-7H,2-3,5,8-9,11H2,1H3. The summed E-state index contributed by atoms with van der Waals surface area (Å²) < 4.78 is 0. The Bertz CT molecular complexity index is 237. The molecule has 0 unspecified atom stereocenters. The molecule has 1 aromatic heterocycles. The van der Waals surface area contributed by atoms with Crippen LogP contribution < -0.4 is 10.6 Å². The quantitative estimate of drug-likeness (QED) is 0.735. The van der Waals surface area contributed by atoms with Gasteiger partial charge in [0.1, 0.15) is 0 Å². The van der Waals surface area contributed by atoms with Crippen molar-refractivity contribution in [3.8, 4) is 0 Å². The van der Waals surface area contributed by atoms with Gasteiger partial charge < -0.3 is 10.6 Å². The van der Waals surface area contributed by atoms with Crippen LogP contribution in [0.2, 0.25) is 0 Å². The number of nitrogens with zero attached hydrogens (tertiary/aromatic N) is 3. The molecule has 4 nitrogen and oxygen atoms in total. The van der Waals surface area contributed by atoms with E-state index in [-0.39, 0.29) is 0 Å². The van der Waals surface area contributed by atoms with Crippen molar-refractivity contribution in [2.24, 2.45) is 5.73 Å². The van der Waals surface area contributed by atoms with Crippen LogP contribution in [-0.4, -0.2) is 29.6 Å². The number of rotatable bonds is 6. The molecule has 0 spiro atoms. The summed E-state index contributed by atoms with van der Waals surface area (Å²) in [6.07, 6.45) is 5.63. The van der Waals surface area contributed by atoms with Gasteiger partial charge in [0.2, 0.25) is 5.95 Å². The van der Waals surface area contributed by atoms with Gasteiger partial charge in [-0.15, -0.1) is 0 Å². The van der Waals surface area contributed by atoms with Crippen LogP contribution in [0.3, 0.4) is 0 Å². The van der Waals surface area contributed by atoms with E-state index in [1.165, 1.54) is 0 Å². The third-order valence-corrected chi connectivity index (χ3v) is 1.96. The van der Waals surface area contributed by atoms with Gasteiger partial charge in [0, 0.05) is 25.5 Å². The molecule has 1 heterocycles. The van der Waals surface area contributed by atoms with Gasteiger partial charge in [-0.25, -0.2) is 9.97 Å². The maximum atomic E-state index is 5.48. The normalized spacial score (nSPS) is 10.1. The molecular weight excluding hydrogens is 176 g/mol. The van der Waals surface area contributed by atoms with Gasteiger partial charge in [-0.2, -0.15) is 0 Å². The van der Waals surface area contributed by atoms with Gasteiger partial charge in [-0.1, -0.05) is 6.92 Å². The highest BCUT2D eigenvalue weighted by molar-refractivity contribution is 5.27. The van der Waals surface area contributed by atoms with Crippen LogP contribution in [0.25, 0.3) is 0 Å². The Morgan fingerprint density at radius 1 is 1.29 bits per heavy atom. The maximum absolute atomic E-state index is 5.48. The highest BCUT2D eigenvalue weighted by atomic mass is 15.2. The Morgan fingerprint density at radius 3 is 2.57 bits per heavy atom. The van der Waals surface area contributed by atoms with Crippen LogP contribution in [0.15, 0.2) is 18.5 Å². The van der Waals surface area contributed by atoms with Crippen LogP contribution in [0.1, 0.15) is 19.8 Å². The van der Waals surface area contributed by atoms with Gasteiger partial charge in [-0.3, -0.25) is 0 Å². The molecule has 0 radical (unpaired) electrons. The lowest BCUT2D eigenvalue weighted by Gasteiger charge is -2.21. The van der Waals surface area contributed by atoms with E-state index in [4.69, 9.17) is 5.73 Å². The molecule has 0 fully saturated rings. The number of anilines is 1. The smallest absolute Gasteiger partial charge is 0.225 e. The third-order valence-electron chi connectivity index (χ3n) is 1.96. The molecule has 1 rings (SSSR count). The van der Waals surface area contributed by atoms with Gasteiger partial charge in [0.25, 0.3) is 0 Å². The van der Waals surface area contributed by atoms with E-state index in [0.29, 0.717) is 6.54 Å². The lowest BCUT2D eigenvalue weighted by Crippen LogP contribution is -2.28. The molecule has 2 N–H and O–H groups in total. The summed E-state index contributed by atoms with van der Waals surface area (Å²) in [5, 5.41) is 0. The summed E-state index contributed by atoms with van der Waals surface area (Å²) in [7, 11) is 0. The van der Waals surface area contributed by atoms with Crippen molar-refractivity contribution in [2.75, 3.05) is 24.5 Å². The van der Waals surface area contributed by atoms with Crippen molar-refractivity contribution >= 4 is 5.95 Å². The van der Waals surface area contributed by atoms with Crippen molar-refractivity contribution in [2.45, 2.75) is 19.8 Å². The van der Waals surface area contributed by atoms with Crippen LogP contribution in [0, 0.1) is 0 Å². The lowest BCUT2D eigenvalue weighted by molar-refractivity contribution is 0.701. The van der Waals surface area contributed by atoms with Gasteiger partial charge in [0.15, 0.2) is 0 Å². The summed E-state index contributed by atoms with van der Waals surface area (Å²) in [5.74, 6) is 0.808. The van der Waals surface area contributed by atoms with Crippen molar-refractivity contribution < 1.29 is 0 Å². The molecule has 0 saturated carbocycles. The molecule has 14 heavy (non-hydrogen) atoms. The molecule has 0 bridgehead atoms. The third kappa shape index (κ3) is 3.30. The van der Waals surface area contributed by atoms with E-state index in [1.54, 1.807) is 12.4 Å². The van der Waals surface area contributed by atoms with Crippen molar-refractivity contribution in [1.82, 2.24) is 9.97 Å². The number of aromatic nitrogens is 2. The Morgan fingerprint density at radius 2 is 2.00 bits per heavy atom. The molecule has 0 aliphatic rings. The second kappa shape index (κ2) is 6.32. The van der Waals surface area contributed by atoms with E-state index in [9.17, 15) is 0 Å². The largest absolute Gasteiger partial charge is 0.341 e. The van der Waals surface area contributed by atoms with Crippen molar-refractivity contribution in [3.05, 3.63) is 18.5 Å². The zero-order valence-corrected chi connectivity index (χ0v) is 8.69. The molecule has 0 aromatic carbocycles. The van der Waals surface area contributed by atoms with E-state index in [1.807, 2.05) is 6.07 Å². The average Bonchev–Trinajstić information content (AvgIpc) is 2.25. The fraction of sp³-hybridized carbons (Fsp3) is 0.600. The van der Waals surface area contributed by atoms with Gasteiger partial charge >= 0.3 is 0 Å². The van der Waals surface area contributed by atoms with Crippen LogP contribution >= 0.6 is 0 Å². The Kier molecular flexibility index (Phi) is 4.93. The summed E-state index contributed by atoms with van der Waals surface area (Å²) in [5.41, 5.74) is 5.48. The topological polar surface area (TPSA) is 55.0 Å². The van der Waals surface area contributed by atoms with E-state index in [2.05, 4.69) is 21.8 Å². The molecule has 0 aliphatic heterocycles. The number of hydrogen-bond acceptors (Lipinski definition) is 4. The first-order valence-electron chi connectivity index (χ1n) is 5.10. The zero-order chi connectivity index (χ0) is 10.2. The monoisotopic (exact) mass is 194 g/mol. The minimum atomic E-state index is 0.715. The van der Waals surface area contributed by atoms with Gasteiger partial charge in [-0.05, 0) is 25.5 Å². The van der Waals surface area contributed by atoms with Crippen molar-refractivity contribution in [1.29, 1.82) is 0 Å². The number of nitrogens with two attached hydrogens (primary N) is 1. The first-order valence-corrected chi connectivity index (χ1v) is 5.10. The van der Waals surface area contributed by atoms with Crippen LogP contribution in [0.5, 0.6) is 0 Å². The zero-order valence-electron chi connectivity index (χ0n) is 8.69. The Balaban J connectivity index is 2.58. The van der Waals surface area contributed by atoms with E-state index >= 15 is 0 Å². The highest BCUT2D eigenvalue weighted by Crippen LogP contribution is 2.05. The highest BCUT2D eigenvalue weighted by Gasteiger charge is 2.05. The summed E-state index contributed by atoms with van der Waals surface area (Å²) in [6.45, 7) is 4.80. The van der Waals surface area contributed by atoms with E-state index in [0.717, 1.165) is 31.9 Å². The fourth-order valence-electron chi connectivity index (χ4n) is 1.32. The number of hydrogen-bond donors (Lipinski definition) is 1. The predicted octanol–water partition coefficient (Wildman–Crippen LogP) is 1.04. The minimum absolute atomic E-state index is 0.715. The molecule has 1 aromatic rings. The second-order valence-electron chi connectivity index (χ2n) is 3.18. The molecule has 78 valence electrons. The molecular formula is C10H18N4. The summed E-state index contributed by atoms with van der Waals surface area (Å²) in [6, 6.07) is 1.83. The fourth-order valence-corrected chi connectivity index (χ4v) is 1.32. The molecule has 0 amide bonds. The maximum Gasteiger partial charge on any atom is 0.225 e.